The molecule has 1 saturated carbocycles. The number of aromatic nitrogens is 1. The number of thiophene rings is 1. The van der Waals surface area contributed by atoms with Gasteiger partial charge in [0.05, 0.1) is 12.1 Å². The number of hydrogen-bond donors (Lipinski definition) is 2. The number of fused-ring (bicyclic) bond motifs is 1. The van der Waals surface area contributed by atoms with Gasteiger partial charge in [-0.05, 0) is 48.4 Å². The molecule has 0 saturated heterocycles. The van der Waals surface area contributed by atoms with E-state index in [1.54, 1.807) is 11.3 Å². The lowest BCUT2D eigenvalue weighted by atomic mass is 9.76. The highest BCUT2D eigenvalue weighted by atomic mass is 32.1. The number of nitrogens with one attached hydrogen (secondary N) is 1. The van der Waals surface area contributed by atoms with E-state index < -0.39 is 0 Å². The number of rotatable bonds is 4. The monoisotopic (exact) mass is 340 g/mol. The van der Waals surface area contributed by atoms with Crippen LogP contribution in [0.5, 0.6) is 0 Å². The van der Waals surface area contributed by atoms with Gasteiger partial charge in [0.15, 0.2) is 0 Å². The lowest BCUT2D eigenvalue weighted by Crippen LogP contribution is -2.41. The van der Waals surface area contributed by atoms with E-state index in [4.69, 9.17) is 0 Å². The summed E-state index contributed by atoms with van der Waals surface area (Å²) in [5.41, 5.74) is 1.75. The van der Waals surface area contributed by atoms with Crippen LogP contribution in [0.15, 0.2) is 48.0 Å². The Kier molecular flexibility index (Phi) is 3.90. The zero-order valence-electron chi connectivity index (χ0n) is 13.5. The fourth-order valence-corrected chi connectivity index (χ4v) is 4.38. The maximum absolute atomic E-state index is 12.9. The lowest BCUT2D eigenvalue weighted by Gasteiger charge is -2.37. The Morgan fingerprint density at radius 2 is 2.12 bits per heavy atom. The van der Waals surface area contributed by atoms with Crippen LogP contribution in [0.3, 0.4) is 0 Å². The predicted octanol–water partition coefficient (Wildman–Crippen LogP) is 3.48. The van der Waals surface area contributed by atoms with Crippen molar-refractivity contribution in [2.45, 2.75) is 25.0 Å². The van der Waals surface area contributed by atoms with Gasteiger partial charge in [-0.15, -0.1) is 11.3 Å². The normalized spacial score (nSPS) is 21.4. The molecule has 1 fully saturated rings. The minimum absolute atomic E-state index is 0.0279. The van der Waals surface area contributed by atoms with Gasteiger partial charge < -0.3 is 15.0 Å². The first-order valence-electron chi connectivity index (χ1n) is 8.20. The van der Waals surface area contributed by atoms with Gasteiger partial charge in [0.2, 0.25) is 0 Å². The number of nitrogens with zero attached hydrogens (tertiary/aromatic N) is 1. The van der Waals surface area contributed by atoms with Gasteiger partial charge in [-0.3, -0.25) is 4.79 Å². The van der Waals surface area contributed by atoms with Crippen LogP contribution in [-0.4, -0.2) is 21.7 Å². The van der Waals surface area contributed by atoms with Gasteiger partial charge in [0.25, 0.3) is 5.91 Å². The van der Waals surface area contributed by atoms with Crippen LogP contribution in [-0.2, 0) is 7.05 Å². The summed E-state index contributed by atoms with van der Waals surface area (Å²) in [7, 11) is 1.98. The van der Waals surface area contributed by atoms with Crippen molar-refractivity contribution >= 4 is 28.1 Å². The summed E-state index contributed by atoms with van der Waals surface area (Å²) in [5.74, 6) is 0.254. The van der Waals surface area contributed by atoms with Crippen LogP contribution in [0.1, 0.15) is 34.1 Å². The SMILES string of the molecule is Cn1ccc2c(C(=O)N[C@@H](c3cccs3)C3CC(O)C3)cccc21. The molecule has 1 amide bonds. The smallest absolute Gasteiger partial charge is 0.252 e. The van der Waals surface area contributed by atoms with Crippen molar-refractivity contribution < 1.29 is 9.90 Å². The molecule has 1 aromatic carbocycles. The van der Waals surface area contributed by atoms with Crippen molar-refractivity contribution in [3.8, 4) is 0 Å². The van der Waals surface area contributed by atoms with Crippen molar-refractivity contribution in [1.29, 1.82) is 0 Å². The molecule has 1 aliphatic rings. The topological polar surface area (TPSA) is 54.3 Å². The summed E-state index contributed by atoms with van der Waals surface area (Å²) in [6, 6.07) is 11.8. The number of benzene rings is 1. The van der Waals surface area contributed by atoms with E-state index in [0.717, 1.165) is 28.6 Å². The summed E-state index contributed by atoms with van der Waals surface area (Å²) in [6.45, 7) is 0. The maximum Gasteiger partial charge on any atom is 0.252 e. The van der Waals surface area contributed by atoms with E-state index in [1.165, 1.54) is 0 Å². The number of aliphatic hydroxyl groups is 1. The second-order valence-corrected chi connectivity index (χ2v) is 7.50. The Morgan fingerprint density at radius 3 is 2.83 bits per heavy atom. The zero-order chi connectivity index (χ0) is 16.7. The van der Waals surface area contributed by atoms with Crippen LogP contribution in [0.2, 0.25) is 0 Å². The van der Waals surface area contributed by atoms with E-state index in [1.807, 2.05) is 53.5 Å². The number of hydrogen-bond acceptors (Lipinski definition) is 3. The van der Waals surface area contributed by atoms with Crippen LogP contribution in [0.25, 0.3) is 10.9 Å². The molecule has 2 aromatic heterocycles. The summed E-state index contributed by atoms with van der Waals surface area (Å²) in [4.78, 5) is 14.1. The Labute approximate surface area is 144 Å². The lowest BCUT2D eigenvalue weighted by molar-refractivity contribution is 0.0241. The standard InChI is InChI=1S/C19H20N2O2S/c1-21-8-7-14-15(4-2-5-16(14)21)19(23)20-18(12-10-13(22)11-12)17-6-3-9-24-17/h2-9,12-13,18,22H,10-11H2,1H3,(H,20,23)/t12?,13?,18-/m1/s1. The van der Waals surface area contributed by atoms with E-state index >= 15 is 0 Å². The highest BCUT2D eigenvalue weighted by Crippen LogP contribution is 2.39. The molecule has 0 bridgehead atoms. The molecule has 5 heteroatoms. The first kappa shape index (κ1) is 15.4. The molecular formula is C19H20N2O2S. The molecule has 0 spiro atoms. The number of aryl methyl sites for hydroxylation is 1. The van der Waals surface area contributed by atoms with Gasteiger partial charge in [-0.1, -0.05) is 12.1 Å². The maximum atomic E-state index is 12.9. The van der Waals surface area contributed by atoms with Crippen molar-refractivity contribution in [3.63, 3.8) is 0 Å². The fraction of sp³-hybridized carbons (Fsp3) is 0.316. The third-order valence-electron chi connectivity index (χ3n) is 4.93. The van der Waals surface area contributed by atoms with E-state index in [0.29, 0.717) is 11.5 Å². The first-order chi connectivity index (χ1) is 11.6. The minimum Gasteiger partial charge on any atom is -0.393 e. The molecule has 1 atom stereocenters. The summed E-state index contributed by atoms with van der Waals surface area (Å²) < 4.78 is 2.02. The van der Waals surface area contributed by atoms with Gasteiger partial charge in [-0.2, -0.15) is 0 Å². The van der Waals surface area contributed by atoms with Crippen molar-refractivity contribution in [2.24, 2.45) is 13.0 Å². The molecule has 0 radical (unpaired) electrons. The van der Waals surface area contributed by atoms with Gasteiger partial charge in [-0.25, -0.2) is 0 Å². The van der Waals surface area contributed by atoms with Crippen molar-refractivity contribution in [3.05, 3.63) is 58.4 Å². The third kappa shape index (κ3) is 2.64. The highest BCUT2D eigenvalue weighted by Gasteiger charge is 2.36. The van der Waals surface area contributed by atoms with Crippen LogP contribution in [0.4, 0.5) is 0 Å². The molecule has 3 aromatic rings. The van der Waals surface area contributed by atoms with Crippen molar-refractivity contribution in [2.75, 3.05) is 0 Å². The van der Waals surface area contributed by atoms with Gasteiger partial charge >= 0.3 is 0 Å². The van der Waals surface area contributed by atoms with E-state index in [2.05, 4.69) is 11.4 Å². The first-order valence-corrected chi connectivity index (χ1v) is 9.08. The van der Waals surface area contributed by atoms with Gasteiger partial charge in [0, 0.05) is 34.6 Å². The van der Waals surface area contributed by atoms with E-state index in [-0.39, 0.29) is 18.1 Å². The highest BCUT2D eigenvalue weighted by molar-refractivity contribution is 7.10. The van der Waals surface area contributed by atoms with Crippen LogP contribution >= 0.6 is 11.3 Å². The molecule has 2 heterocycles. The van der Waals surface area contributed by atoms with Crippen LogP contribution in [0, 0.1) is 5.92 Å². The average molecular weight is 340 g/mol. The summed E-state index contributed by atoms with van der Waals surface area (Å²) in [5, 5.41) is 15.9. The van der Waals surface area contributed by atoms with E-state index in [9.17, 15) is 9.90 Å². The average Bonchev–Trinajstić information content (AvgIpc) is 3.20. The molecule has 1 aliphatic carbocycles. The Balaban J connectivity index is 1.63. The molecule has 2 N–H and O–H groups in total. The number of aliphatic hydroxyl groups excluding tert-OH is 1. The predicted molar refractivity (Wildman–Crippen MR) is 96.2 cm³/mol. The molecule has 124 valence electrons. The zero-order valence-corrected chi connectivity index (χ0v) is 14.3. The second kappa shape index (κ2) is 6.07. The summed E-state index contributed by atoms with van der Waals surface area (Å²) >= 11 is 1.65. The Morgan fingerprint density at radius 1 is 1.29 bits per heavy atom. The molecular weight excluding hydrogens is 320 g/mol. The fourth-order valence-electron chi connectivity index (χ4n) is 3.51. The quantitative estimate of drug-likeness (QED) is 0.764. The molecule has 4 rings (SSSR count). The minimum atomic E-state index is -0.230. The van der Waals surface area contributed by atoms with Gasteiger partial charge in [0.1, 0.15) is 0 Å². The molecule has 0 aliphatic heterocycles. The third-order valence-corrected chi connectivity index (χ3v) is 5.89. The Hall–Kier alpha value is -2.11. The molecule has 0 unspecified atom stereocenters. The summed E-state index contributed by atoms with van der Waals surface area (Å²) in [6.07, 6.45) is 3.24. The number of carbonyl (C=O) groups is 1. The second-order valence-electron chi connectivity index (χ2n) is 6.52. The molecule has 4 nitrogen and oxygen atoms in total. The molecule has 24 heavy (non-hydrogen) atoms. The largest absolute Gasteiger partial charge is 0.393 e. The number of amides is 1. The Bertz CT molecular complexity index is 863. The number of carbonyl (C=O) groups excluding carboxylic acids is 1. The van der Waals surface area contributed by atoms with Crippen molar-refractivity contribution in [1.82, 2.24) is 9.88 Å². The van der Waals surface area contributed by atoms with Crippen LogP contribution < -0.4 is 5.32 Å².